The van der Waals surface area contributed by atoms with Crippen LogP contribution in [0.25, 0.3) is 0 Å². The van der Waals surface area contributed by atoms with Crippen LogP contribution in [-0.4, -0.2) is 37.6 Å². The van der Waals surface area contributed by atoms with Crippen LogP contribution >= 0.6 is 24.8 Å². The van der Waals surface area contributed by atoms with Gasteiger partial charge in [-0.15, -0.1) is 24.8 Å². The Morgan fingerprint density at radius 3 is 2.12 bits per heavy atom. The molecule has 0 spiro atoms. The summed E-state index contributed by atoms with van der Waals surface area (Å²) in [5.41, 5.74) is 0. The number of hydrogen-bond acceptors (Lipinski definition) is 2. The van der Waals surface area contributed by atoms with Gasteiger partial charge in [0.05, 0.1) is 0 Å². The standard InChI is InChI=1S/C12H24N2.2ClH/c1-11-2-4-12(5-3-11)10-14-8-6-13-7-9-14;;/h11-13H,2-10H2,1H3;2*1H. The van der Waals surface area contributed by atoms with E-state index in [1.54, 1.807) is 0 Å². The van der Waals surface area contributed by atoms with Gasteiger partial charge in [0.15, 0.2) is 0 Å². The lowest BCUT2D eigenvalue weighted by molar-refractivity contribution is 0.169. The largest absolute Gasteiger partial charge is 0.314 e. The number of rotatable bonds is 2. The smallest absolute Gasteiger partial charge is 0.0107 e. The summed E-state index contributed by atoms with van der Waals surface area (Å²) in [7, 11) is 0. The van der Waals surface area contributed by atoms with Crippen LogP contribution in [0.4, 0.5) is 0 Å². The quantitative estimate of drug-likeness (QED) is 0.829. The molecule has 0 aromatic carbocycles. The third-order valence-electron chi connectivity index (χ3n) is 3.86. The molecule has 1 saturated carbocycles. The molecule has 1 saturated heterocycles. The molecule has 16 heavy (non-hydrogen) atoms. The van der Waals surface area contributed by atoms with E-state index >= 15 is 0 Å². The van der Waals surface area contributed by atoms with Crippen molar-refractivity contribution >= 4 is 24.8 Å². The maximum absolute atomic E-state index is 3.42. The van der Waals surface area contributed by atoms with Gasteiger partial charge < -0.3 is 10.2 Å². The van der Waals surface area contributed by atoms with Gasteiger partial charge in [0, 0.05) is 32.7 Å². The molecule has 1 heterocycles. The zero-order valence-corrected chi connectivity index (χ0v) is 11.9. The van der Waals surface area contributed by atoms with Gasteiger partial charge in [0.2, 0.25) is 0 Å². The highest BCUT2D eigenvalue weighted by Gasteiger charge is 2.21. The number of piperazine rings is 1. The van der Waals surface area contributed by atoms with Gasteiger partial charge >= 0.3 is 0 Å². The predicted octanol–water partition coefficient (Wildman–Crippen LogP) is 2.56. The van der Waals surface area contributed by atoms with Gasteiger partial charge in [-0.25, -0.2) is 0 Å². The highest BCUT2D eigenvalue weighted by atomic mass is 35.5. The highest BCUT2D eigenvalue weighted by molar-refractivity contribution is 5.85. The average Bonchev–Trinajstić information content (AvgIpc) is 2.23. The normalized spacial score (nSPS) is 31.3. The Labute approximate surface area is 112 Å². The van der Waals surface area contributed by atoms with Crippen molar-refractivity contribution in [2.24, 2.45) is 11.8 Å². The molecule has 98 valence electrons. The predicted molar refractivity (Wildman–Crippen MR) is 74.9 cm³/mol. The molecule has 0 amide bonds. The van der Waals surface area contributed by atoms with Gasteiger partial charge in [-0.1, -0.05) is 19.8 Å². The van der Waals surface area contributed by atoms with E-state index in [4.69, 9.17) is 0 Å². The molecule has 0 radical (unpaired) electrons. The highest BCUT2D eigenvalue weighted by Crippen LogP contribution is 2.28. The Kier molecular flexibility index (Phi) is 8.84. The van der Waals surface area contributed by atoms with Crippen LogP contribution in [0.15, 0.2) is 0 Å². The van der Waals surface area contributed by atoms with Crippen LogP contribution in [0.3, 0.4) is 0 Å². The van der Waals surface area contributed by atoms with E-state index in [2.05, 4.69) is 17.1 Å². The third-order valence-corrected chi connectivity index (χ3v) is 3.86. The molecule has 0 aromatic rings. The fourth-order valence-electron chi connectivity index (χ4n) is 2.77. The van der Waals surface area contributed by atoms with E-state index in [0.717, 1.165) is 11.8 Å². The summed E-state index contributed by atoms with van der Waals surface area (Å²) < 4.78 is 0. The first-order valence-electron chi connectivity index (χ1n) is 6.27. The summed E-state index contributed by atoms with van der Waals surface area (Å²) in [4.78, 5) is 2.65. The minimum absolute atomic E-state index is 0. The summed E-state index contributed by atoms with van der Waals surface area (Å²) in [5, 5.41) is 3.42. The molecule has 1 N–H and O–H groups in total. The first-order chi connectivity index (χ1) is 6.84. The molecule has 0 bridgehead atoms. The molecule has 2 aliphatic rings. The maximum Gasteiger partial charge on any atom is 0.0107 e. The molecule has 0 aromatic heterocycles. The van der Waals surface area contributed by atoms with Crippen molar-refractivity contribution in [3.8, 4) is 0 Å². The van der Waals surface area contributed by atoms with Crippen LogP contribution in [0.5, 0.6) is 0 Å². The van der Waals surface area contributed by atoms with E-state index in [1.165, 1.54) is 58.4 Å². The topological polar surface area (TPSA) is 15.3 Å². The van der Waals surface area contributed by atoms with Crippen molar-refractivity contribution in [3.63, 3.8) is 0 Å². The van der Waals surface area contributed by atoms with Crippen molar-refractivity contribution in [3.05, 3.63) is 0 Å². The SMILES string of the molecule is CC1CCC(CN2CCNCC2)CC1.Cl.Cl. The molecule has 1 aliphatic heterocycles. The fraction of sp³-hybridized carbons (Fsp3) is 1.00. The lowest BCUT2D eigenvalue weighted by atomic mass is 9.83. The molecule has 2 nitrogen and oxygen atoms in total. The van der Waals surface area contributed by atoms with E-state index in [-0.39, 0.29) is 24.8 Å². The monoisotopic (exact) mass is 268 g/mol. The maximum atomic E-state index is 3.42. The first-order valence-corrected chi connectivity index (χ1v) is 6.27. The molecule has 4 heteroatoms. The van der Waals surface area contributed by atoms with Crippen molar-refractivity contribution in [2.75, 3.05) is 32.7 Å². The lowest BCUT2D eigenvalue weighted by Gasteiger charge is -2.33. The number of nitrogens with zero attached hydrogens (tertiary/aromatic N) is 1. The van der Waals surface area contributed by atoms with Crippen molar-refractivity contribution in [2.45, 2.75) is 32.6 Å². The molecule has 1 aliphatic carbocycles. The zero-order chi connectivity index (χ0) is 9.80. The van der Waals surface area contributed by atoms with E-state index in [0.29, 0.717) is 0 Å². The van der Waals surface area contributed by atoms with Gasteiger partial charge in [-0.2, -0.15) is 0 Å². The van der Waals surface area contributed by atoms with Crippen LogP contribution < -0.4 is 5.32 Å². The second-order valence-electron chi connectivity index (χ2n) is 5.18. The first kappa shape index (κ1) is 16.5. The van der Waals surface area contributed by atoms with Crippen molar-refractivity contribution < 1.29 is 0 Å². The summed E-state index contributed by atoms with van der Waals surface area (Å²) in [6, 6.07) is 0. The molecular weight excluding hydrogens is 243 g/mol. The van der Waals surface area contributed by atoms with Crippen LogP contribution in [0.2, 0.25) is 0 Å². The fourth-order valence-corrected chi connectivity index (χ4v) is 2.77. The van der Waals surface area contributed by atoms with Crippen LogP contribution in [-0.2, 0) is 0 Å². The number of halogens is 2. The third kappa shape index (κ3) is 5.22. The van der Waals surface area contributed by atoms with E-state index in [1.807, 2.05) is 0 Å². The summed E-state index contributed by atoms with van der Waals surface area (Å²) in [6.45, 7) is 8.71. The summed E-state index contributed by atoms with van der Waals surface area (Å²) >= 11 is 0. The minimum Gasteiger partial charge on any atom is -0.314 e. The number of hydrogen-bond donors (Lipinski definition) is 1. The zero-order valence-electron chi connectivity index (χ0n) is 10.3. The van der Waals surface area contributed by atoms with Gasteiger partial charge in [-0.05, 0) is 24.7 Å². The van der Waals surface area contributed by atoms with Crippen molar-refractivity contribution in [1.82, 2.24) is 10.2 Å². The molecule has 0 unspecified atom stereocenters. The van der Waals surface area contributed by atoms with E-state index < -0.39 is 0 Å². The minimum atomic E-state index is 0. The molecular formula is C12H26Cl2N2. The molecule has 2 rings (SSSR count). The van der Waals surface area contributed by atoms with E-state index in [9.17, 15) is 0 Å². The Hall–Kier alpha value is 0.500. The molecule has 0 atom stereocenters. The van der Waals surface area contributed by atoms with Gasteiger partial charge in [-0.3, -0.25) is 0 Å². The summed E-state index contributed by atoms with van der Waals surface area (Å²) in [5.74, 6) is 2.00. The number of nitrogens with one attached hydrogen (secondary N) is 1. The Morgan fingerprint density at radius 1 is 1.00 bits per heavy atom. The molecule has 2 fully saturated rings. The van der Waals surface area contributed by atoms with Crippen LogP contribution in [0.1, 0.15) is 32.6 Å². The summed E-state index contributed by atoms with van der Waals surface area (Å²) in [6.07, 6.45) is 5.89. The Morgan fingerprint density at radius 2 is 1.56 bits per heavy atom. The second kappa shape index (κ2) is 8.57. The lowest BCUT2D eigenvalue weighted by Crippen LogP contribution is -2.45. The van der Waals surface area contributed by atoms with Crippen molar-refractivity contribution in [1.29, 1.82) is 0 Å². The van der Waals surface area contributed by atoms with Crippen LogP contribution in [0, 0.1) is 11.8 Å². The average molecular weight is 269 g/mol. The van der Waals surface area contributed by atoms with Gasteiger partial charge in [0.25, 0.3) is 0 Å². The van der Waals surface area contributed by atoms with Gasteiger partial charge in [0.1, 0.15) is 0 Å². The Balaban J connectivity index is 0.00000112. The Bertz CT molecular complexity index is 164. The second-order valence-corrected chi connectivity index (χ2v) is 5.18.